The van der Waals surface area contributed by atoms with E-state index >= 15 is 0 Å². The van der Waals surface area contributed by atoms with E-state index in [4.69, 9.17) is 11.6 Å². The van der Waals surface area contributed by atoms with Crippen LogP contribution in [0.5, 0.6) is 0 Å². The Labute approximate surface area is 102 Å². The summed E-state index contributed by atoms with van der Waals surface area (Å²) < 4.78 is 24.2. The van der Waals surface area contributed by atoms with Gasteiger partial charge >= 0.3 is 0 Å². The van der Waals surface area contributed by atoms with E-state index in [1.807, 2.05) is 0 Å². The number of H-pyrrole nitrogens is 1. The zero-order chi connectivity index (χ0) is 12.5. The molecule has 7 heteroatoms. The predicted octanol–water partition coefficient (Wildman–Crippen LogP) is 1.26. The molecule has 0 atom stereocenters. The second kappa shape index (κ2) is 4.31. The summed E-state index contributed by atoms with van der Waals surface area (Å²) in [5.74, 6) is 0. The van der Waals surface area contributed by atoms with Crippen molar-refractivity contribution in [3.8, 4) is 0 Å². The zero-order valence-corrected chi connectivity index (χ0v) is 9.99. The Hall–Kier alpha value is -1.66. The summed E-state index contributed by atoms with van der Waals surface area (Å²) in [4.78, 5) is 11.0. The Morgan fingerprint density at radius 2 is 2.00 bits per heavy atom. The van der Waals surface area contributed by atoms with E-state index in [2.05, 4.69) is 10.2 Å². The topological polar surface area (TPSA) is 79.9 Å². The summed E-state index contributed by atoms with van der Waals surface area (Å²) in [7, 11) is -3.86. The first kappa shape index (κ1) is 11.8. The molecule has 0 saturated carbocycles. The summed E-state index contributed by atoms with van der Waals surface area (Å²) in [5.41, 5.74) is -0.757. The Balaban J connectivity index is 2.67. The maximum atomic E-state index is 12.1. The van der Waals surface area contributed by atoms with Gasteiger partial charge in [0.2, 0.25) is 9.84 Å². The average molecular weight is 271 g/mol. The molecule has 0 bridgehead atoms. The first-order valence-electron chi connectivity index (χ1n) is 4.56. The fraction of sp³-hybridized carbons (Fsp3) is 0. The molecule has 2 aromatic rings. The van der Waals surface area contributed by atoms with Crippen molar-refractivity contribution in [3.63, 3.8) is 0 Å². The van der Waals surface area contributed by atoms with Gasteiger partial charge in [-0.1, -0.05) is 17.7 Å². The molecule has 0 saturated heterocycles. The second-order valence-electron chi connectivity index (χ2n) is 3.21. The molecule has 1 heterocycles. The lowest BCUT2D eigenvalue weighted by Gasteiger charge is -2.03. The summed E-state index contributed by atoms with van der Waals surface area (Å²) in [6.07, 6.45) is 1.21. The minimum atomic E-state index is -3.86. The number of halogens is 1. The van der Waals surface area contributed by atoms with Gasteiger partial charge in [0, 0.05) is 11.2 Å². The lowest BCUT2D eigenvalue weighted by Crippen LogP contribution is -2.18. The van der Waals surface area contributed by atoms with E-state index in [0.29, 0.717) is 0 Å². The average Bonchev–Trinajstić information content (AvgIpc) is 2.29. The Kier molecular flexibility index (Phi) is 2.99. The maximum absolute atomic E-state index is 12.1. The number of aromatic nitrogens is 2. The first-order chi connectivity index (χ1) is 8.01. The molecule has 17 heavy (non-hydrogen) atoms. The highest BCUT2D eigenvalue weighted by Crippen LogP contribution is 2.20. The quantitative estimate of drug-likeness (QED) is 0.891. The van der Waals surface area contributed by atoms with Gasteiger partial charge in [-0.25, -0.2) is 13.5 Å². The molecule has 0 fully saturated rings. The first-order valence-corrected chi connectivity index (χ1v) is 6.42. The number of hydrogen-bond donors (Lipinski definition) is 1. The van der Waals surface area contributed by atoms with Crippen LogP contribution in [0.3, 0.4) is 0 Å². The fourth-order valence-electron chi connectivity index (χ4n) is 1.30. The van der Waals surface area contributed by atoms with E-state index in [9.17, 15) is 13.2 Å². The third kappa shape index (κ3) is 2.22. The van der Waals surface area contributed by atoms with E-state index in [1.54, 1.807) is 6.07 Å². The lowest BCUT2D eigenvalue weighted by molar-refractivity contribution is 0.594. The molecular formula is C10H7ClN2O3S. The molecule has 0 spiro atoms. The molecule has 0 aliphatic rings. The molecular weight excluding hydrogens is 264 g/mol. The Morgan fingerprint density at radius 3 is 2.65 bits per heavy atom. The van der Waals surface area contributed by atoms with Gasteiger partial charge in [0.25, 0.3) is 5.56 Å². The Bertz CT molecular complexity index is 709. The van der Waals surface area contributed by atoms with Crippen molar-refractivity contribution in [2.24, 2.45) is 0 Å². The molecule has 5 nitrogen and oxygen atoms in total. The molecule has 88 valence electrons. The van der Waals surface area contributed by atoms with Crippen LogP contribution in [-0.4, -0.2) is 18.6 Å². The lowest BCUT2D eigenvalue weighted by atomic mass is 10.4. The third-order valence-corrected chi connectivity index (χ3v) is 4.10. The van der Waals surface area contributed by atoms with Gasteiger partial charge in [-0.05, 0) is 24.3 Å². The van der Waals surface area contributed by atoms with Gasteiger partial charge in [0.15, 0.2) is 0 Å². The van der Waals surface area contributed by atoms with Gasteiger partial charge in [-0.3, -0.25) is 4.79 Å². The highest BCUT2D eigenvalue weighted by atomic mass is 35.5. The van der Waals surface area contributed by atoms with Crippen molar-refractivity contribution >= 4 is 21.4 Å². The summed E-state index contributed by atoms with van der Waals surface area (Å²) in [5, 5.41) is 5.80. The number of aromatic amines is 1. The monoisotopic (exact) mass is 270 g/mol. The molecule has 0 aliphatic heterocycles. The summed E-state index contributed by atoms with van der Waals surface area (Å²) >= 11 is 5.72. The van der Waals surface area contributed by atoms with E-state index < -0.39 is 15.4 Å². The van der Waals surface area contributed by atoms with Crippen LogP contribution in [0.4, 0.5) is 0 Å². The van der Waals surface area contributed by atoms with Gasteiger partial charge < -0.3 is 0 Å². The fourth-order valence-corrected chi connectivity index (χ4v) is 2.88. The van der Waals surface area contributed by atoms with Crippen molar-refractivity contribution in [3.05, 3.63) is 51.9 Å². The van der Waals surface area contributed by atoms with Gasteiger partial charge in [0.05, 0.1) is 4.90 Å². The molecule has 0 radical (unpaired) electrons. The van der Waals surface area contributed by atoms with Crippen molar-refractivity contribution in [1.82, 2.24) is 10.2 Å². The van der Waals surface area contributed by atoms with Crippen LogP contribution < -0.4 is 5.56 Å². The van der Waals surface area contributed by atoms with Crippen LogP contribution in [0.15, 0.2) is 51.1 Å². The van der Waals surface area contributed by atoms with Crippen molar-refractivity contribution < 1.29 is 8.42 Å². The maximum Gasteiger partial charge on any atom is 0.283 e. The number of benzene rings is 1. The van der Waals surface area contributed by atoms with Crippen LogP contribution in [0.1, 0.15) is 0 Å². The van der Waals surface area contributed by atoms with E-state index in [-0.39, 0.29) is 14.8 Å². The molecule has 2 rings (SSSR count). The molecule has 1 N–H and O–H groups in total. The minimum Gasteiger partial charge on any atom is -0.267 e. The molecule has 0 unspecified atom stereocenters. The van der Waals surface area contributed by atoms with Crippen LogP contribution in [0.2, 0.25) is 5.02 Å². The number of sulfone groups is 1. The largest absolute Gasteiger partial charge is 0.283 e. The van der Waals surface area contributed by atoms with Gasteiger partial charge in [0.1, 0.15) is 4.90 Å². The van der Waals surface area contributed by atoms with Crippen LogP contribution in [-0.2, 0) is 9.84 Å². The predicted molar refractivity (Wildman–Crippen MR) is 61.8 cm³/mol. The van der Waals surface area contributed by atoms with Crippen molar-refractivity contribution in [2.45, 2.75) is 9.79 Å². The van der Waals surface area contributed by atoms with Gasteiger partial charge in [-0.2, -0.15) is 5.10 Å². The summed E-state index contributed by atoms with van der Waals surface area (Å²) in [6, 6.07) is 6.87. The number of nitrogens with one attached hydrogen (secondary N) is 1. The second-order valence-corrected chi connectivity index (χ2v) is 5.57. The Morgan fingerprint density at radius 1 is 1.24 bits per heavy atom. The molecule has 0 aliphatic carbocycles. The van der Waals surface area contributed by atoms with Gasteiger partial charge in [-0.15, -0.1) is 0 Å². The summed E-state index contributed by atoms with van der Waals surface area (Å²) in [6.45, 7) is 0. The van der Waals surface area contributed by atoms with E-state index in [0.717, 1.165) is 6.07 Å². The van der Waals surface area contributed by atoms with Crippen LogP contribution in [0.25, 0.3) is 0 Å². The van der Waals surface area contributed by atoms with Crippen LogP contribution >= 0.6 is 11.6 Å². The third-order valence-electron chi connectivity index (χ3n) is 2.09. The molecule has 1 aromatic heterocycles. The molecule has 0 amide bonds. The number of nitrogens with zero attached hydrogens (tertiary/aromatic N) is 1. The smallest absolute Gasteiger partial charge is 0.267 e. The zero-order valence-electron chi connectivity index (χ0n) is 8.42. The van der Waals surface area contributed by atoms with E-state index in [1.165, 1.54) is 24.4 Å². The standard InChI is InChI=1S/C10H7ClN2O3S/c11-7-2-1-3-8(6-7)17(15,16)9-4-5-12-13-10(9)14/h1-6H,(H,13,14). The highest BCUT2D eigenvalue weighted by Gasteiger charge is 2.21. The minimum absolute atomic E-state index is 0.0262. The number of rotatable bonds is 2. The van der Waals surface area contributed by atoms with Crippen LogP contribution in [0, 0.1) is 0 Å². The van der Waals surface area contributed by atoms with Crippen molar-refractivity contribution in [1.29, 1.82) is 0 Å². The normalized spacial score (nSPS) is 11.4. The highest BCUT2D eigenvalue weighted by molar-refractivity contribution is 7.91. The number of hydrogen-bond acceptors (Lipinski definition) is 4. The SMILES string of the molecule is O=c1[nH]nccc1S(=O)(=O)c1cccc(Cl)c1. The molecule has 1 aromatic carbocycles. The van der Waals surface area contributed by atoms with Crippen molar-refractivity contribution in [2.75, 3.05) is 0 Å².